The van der Waals surface area contributed by atoms with Gasteiger partial charge in [-0.3, -0.25) is 0 Å². The van der Waals surface area contributed by atoms with Crippen LogP contribution in [-0.2, 0) is 10.3 Å². The van der Waals surface area contributed by atoms with Crippen molar-refractivity contribution in [3.05, 3.63) is 22.4 Å². The van der Waals surface area contributed by atoms with E-state index in [0.29, 0.717) is 19.2 Å². The molecule has 0 spiro atoms. The van der Waals surface area contributed by atoms with Crippen LogP contribution in [0.2, 0.25) is 0 Å². The summed E-state index contributed by atoms with van der Waals surface area (Å²) in [5, 5.41) is 17.6. The van der Waals surface area contributed by atoms with Crippen LogP contribution < -0.4 is 5.32 Å². The van der Waals surface area contributed by atoms with Gasteiger partial charge in [-0.2, -0.15) is 11.3 Å². The first-order valence-electron chi connectivity index (χ1n) is 5.57. The highest BCUT2D eigenvalue weighted by Gasteiger charge is 2.24. The molecule has 0 saturated carbocycles. The fraction of sp³-hybridized carbons (Fsp3) is 0.667. The highest BCUT2D eigenvalue weighted by Crippen LogP contribution is 2.22. The van der Waals surface area contributed by atoms with Crippen LogP contribution in [0.15, 0.2) is 16.8 Å². The summed E-state index contributed by atoms with van der Waals surface area (Å²) in [6.07, 6.45) is 0.994. The van der Waals surface area contributed by atoms with Gasteiger partial charge < -0.3 is 15.2 Å². The van der Waals surface area contributed by atoms with Gasteiger partial charge in [0, 0.05) is 19.7 Å². The molecule has 3 nitrogen and oxygen atoms in total. The first-order chi connectivity index (χ1) is 7.60. The molecule has 0 radical (unpaired) electrons. The number of ether oxygens (including phenoxy) is 1. The van der Waals surface area contributed by atoms with Gasteiger partial charge in [0.15, 0.2) is 0 Å². The lowest BCUT2D eigenvalue weighted by Gasteiger charge is -2.26. The number of hydrogen-bond acceptors (Lipinski definition) is 4. The highest BCUT2D eigenvalue weighted by molar-refractivity contribution is 7.08. The third-order valence-electron chi connectivity index (χ3n) is 2.74. The van der Waals surface area contributed by atoms with E-state index in [2.05, 4.69) is 12.2 Å². The van der Waals surface area contributed by atoms with E-state index in [4.69, 9.17) is 4.74 Å². The Morgan fingerprint density at radius 2 is 2.38 bits per heavy atom. The molecular weight excluding hydrogens is 222 g/mol. The zero-order chi connectivity index (χ0) is 12.0. The Balaban J connectivity index is 2.47. The van der Waals surface area contributed by atoms with Crippen molar-refractivity contribution in [2.75, 3.05) is 20.3 Å². The Morgan fingerprint density at radius 1 is 1.62 bits per heavy atom. The molecule has 1 rings (SSSR count). The molecule has 0 aliphatic carbocycles. The van der Waals surface area contributed by atoms with Crippen LogP contribution in [0, 0.1) is 0 Å². The van der Waals surface area contributed by atoms with Crippen LogP contribution in [0.3, 0.4) is 0 Å². The summed E-state index contributed by atoms with van der Waals surface area (Å²) >= 11 is 1.60. The largest absolute Gasteiger partial charge is 0.384 e. The standard InChI is InChI=1S/C12H21NO2S/c1-4-11(7-15-3)13-9-12(2,14)10-5-6-16-8-10/h5-6,8,11,13-14H,4,7,9H2,1-3H3. The van der Waals surface area contributed by atoms with E-state index in [1.165, 1.54) is 0 Å². The van der Waals surface area contributed by atoms with E-state index in [1.54, 1.807) is 18.4 Å². The second kappa shape index (κ2) is 6.35. The maximum Gasteiger partial charge on any atom is 0.1000 e. The van der Waals surface area contributed by atoms with E-state index in [9.17, 15) is 5.11 Å². The average Bonchev–Trinajstić information content (AvgIpc) is 2.78. The van der Waals surface area contributed by atoms with E-state index >= 15 is 0 Å². The summed E-state index contributed by atoms with van der Waals surface area (Å²) in [7, 11) is 1.70. The van der Waals surface area contributed by atoms with Gasteiger partial charge in [0.05, 0.1) is 12.2 Å². The summed E-state index contributed by atoms with van der Waals surface area (Å²) < 4.78 is 5.11. The lowest BCUT2D eigenvalue weighted by atomic mass is 9.99. The molecule has 0 aromatic carbocycles. The van der Waals surface area contributed by atoms with Crippen molar-refractivity contribution in [2.24, 2.45) is 0 Å². The van der Waals surface area contributed by atoms with Crippen molar-refractivity contribution in [2.45, 2.75) is 31.9 Å². The molecule has 0 bridgehead atoms. The van der Waals surface area contributed by atoms with Crippen molar-refractivity contribution < 1.29 is 9.84 Å². The smallest absolute Gasteiger partial charge is 0.1000 e. The van der Waals surface area contributed by atoms with Crippen LogP contribution in [0.5, 0.6) is 0 Å². The van der Waals surface area contributed by atoms with Gasteiger partial charge in [0.1, 0.15) is 0 Å². The Hall–Kier alpha value is -0.420. The van der Waals surface area contributed by atoms with Crippen LogP contribution in [-0.4, -0.2) is 31.4 Å². The summed E-state index contributed by atoms with van der Waals surface area (Å²) in [5.41, 5.74) is 0.165. The number of hydrogen-bond donors (Lipinski definition) is 2. The second-order valence-corrected chi connectivity index (χ2v) is 5.01. The fourth-order valence-electron chi connectivity index (χ4n) is 1.54. The molecule has 0 amide bonds. The molecule has 0 aliphatic heterocycles. The second-order valence-electron chi connectivity index (χ2n) is 4.23. The Labute approximate surface area is 101 Å². The zero-order valence-corrected chi connectivity index (χ0v) is 11.0. The Kier molecular flexibility index (Phi) is 5.41. The topological polar surface area (TPSA) is 41.5 Å². The molecular formula is C12H21NO2S. The van der Waals surface area contributed by atoms with Crippen LogP contribution in [0.1, 0.15) is 25.8 Å². The van der Waals surface area contributed by atoms with Gasteiger partial charge >= 0.3 is 0 Å². The van der Waals surface area contributed by atoms with Gasteiger partial charge in [-0.1, -0.05) is 6.92 Å². The van der Waals surface area contributed by atoms with Crippen molar-refractivity contribution in [3.63, 3.8) is 0 Å². The normalized spacial score (nSPS) is 17.0. The number of methoxy groups -OCH3 is 1. The third kappa shape index (κ3) is 3.87. The minimum atomic E-state index is -0.804. The summed E-state index contributed by atoms with van der Waals surface area (Å²) in [6.45, 7) is 5.17. The monoisotopic (exact) mass is 243 g/mol. The predicted molar refractivity (Wildman–Crippen MR) is 67.8 cm³/mol. The quantitative estimate of drug-likeness (QED) is 0.769. The molecule has 0 saturated heterocycles. The Morgan fingerprint density at radius 3 is 2.88 bits per heavy atom. The Bertz CT molecular complexity index is 285. The molecule has 1 aromatic rings. The van der Waals surface area contributed by atoms with E-state index in [0.717, 1.165) is 12.0 Å². The number of thiophene rings is 1. The zero-order valence-electron chi connectivity index (χ0n) is 10.2. The molecule has 0 aliphatic rings. The van der Waals surface area contributed by atoms with Crippen LogP contribution in [0.4, 0.5) is 0 Å². The van der Waals surface area contributed by atoms with Crippen LogP contribution >= 0.6 is 11.3 Å². The van der Waals surface area contributed by atoms with Crippen molar-refractivity contribution in [3.8, 4) is 0 Å². The molecule has 16 heavy (non-hydrogen) atoms. The van der Waals surface area contributed by atoms with Gasteiger partial charge in [-0.05, 0) is 35.7 Å². The molecule has 0 fully saturated rings. The van der Waals surface area contributed by atoms with Gasteiger partial charge in [-0.15, -0.1) is 0 Å². The first kappa shape index (κ1) is 13.6. The molecule has 2 unspecified atom stereocenters. The molecule has 1 aromatic heterocycles. The maximum atomic E-state index is 10.3. The lowest BCUT2D eigenvalue weighted by molar-refractivity contribution is 0.0490. The van der Waals surface area contributed by atoms with Gasteiger partial charge in [0.25, 0.3) is 0 Å². The van der Waals surface area contributed by atoms with Gasteiger partial charge in [0.2, 0.25) is 0 Å². The number of aliphatic hydroxyl groups is 1. The SMILES string of the molecule is CCC(COC)NCC(C)(O)c1ccsc1. The fourth-order valence-corrected chi connectivity index (χ4v) is 2.32. The van der Waals surface area contributed by atoms with E-state index in [1.807, 2.05) is 23.8 Å². The van der Waals surface area contributed by atoms with Gasteiger partial charge in [-0.25, -0.2) is 0 Å². The summed E-state index contributed by atoms with van der Waals surface area (Å²) in [4.78, 5) is 0. The predicted octanol–water partition coefficient (Wildman–Crippen LogP) is 1.97. The average molecular weight is 243 g/mol. The number of nitrogens with one attached hydrogen (secondary N) is 1. The third-order valence-corrected chi connectivity index (χ3v) is 3.42. The minimum Gasteiger partial charge on any atom is -0.384 e. The van der Waals surface area contributed by atoms with Crippen molar-refractivity contribution >= 4 is 11.3 Å². The van der Waals surface area contributed by atoms with Crippen molar-refractivity contribution in [1.29, 1.82) is 0 Å². The summed E-state index contributed by atoms with van der Waals surface area (Å²) in [6, 6.07) is 2.26. The highest BCUT2D eigenvalue weighted by atomic mass is 32.1. The molecule has 92 valence electrons. The molecule has 4 heteroatoms. The minimum absolute atomic E-state index is 0.301. The first-order valence-corrected chi connectivity index (χ1v) is 6.51. The maximum absolute atomic E-state index is 10.3. The van der Waals surface area contributed by atoms with E-state index < -0.39 is 5.60 Å². The molecule has 1 heterocycles. The number of rotatable bonds is 7. The molecule has 2 atom stereocenters. The lowest BCUT2D eigenvalue weighted by Crippen LogP contribution is -2.42. The molecule has 2 N–H and O–H groups in total. The van der Waals surface area contributed by atoms with Crippen molar-refractivity contribution in [1.82, 2.24) is 5.32 Å². The van der Waals surface area contributed by atoms with Crippen LogP contribution in [0.25, 0.3) is 0 Å². The summed E-state index contributed by atoms with van der Waals surface area (Å²) in [5.74, 6) is 0. The van der Waals surface area contributed by atoms with E-state index in [-0.39, 0.29) is 0 Å².